The predicted molar refractivity (Wildman–Crippen MR) is 46.5 cm³/mol. The molecule has 4 heteroatoms. The van der Waals surface area contributed by atoms with Crippen LogP contribution in [0.5, 0.6) is 0 Å². The van der Waals surface area contributed by atoms with Crippen LogP contribution in [0.4, 0.5) is 0 Å². The van der Waals surface area contributed by atoms with E-state index in [1.54, 1.807) is 0 Å². The van der Waals surface area contributed by atoms with Crippen LogP contribution in [-0.4, -0.2) is 48.8 Å². The summed E-state index contributed by atoms with van der Waals surface area (Å²) in [6.45, 7) is 4.46. The van der Waals surface area contributed by atoms with Crippen LogP contribution in [0.2, 0.25) is 0 Å². The average molecular weight is 185 g/mol. The fourth-order valence-corrected chi connectivity index (χ4v) is 1.87. The quantitative estimate of drug-likeness (QED) is 0.674. The molecule has 1 saturated carbocycles. The summed E-state index contributed by atoms with van der Waals surface area (Å²) in [7, 11) is 0. The Kier molecular flexibility index (Phi) is 2.51. The molecule has 0 bridgehead atoms. The van der Waals surface area contributed by atoms with Crippen molar-refractivity contribution in [2.45, 2.75) is 6.42 Å². The van der Waals surface area contributed by atoms with E-state index in [1.165, 1.54) is 0 Å². The van der Waals surface area contributed by atoms with E-state index in [4.69, 9.17) is 9.84 Å². The number of carbonyl (C=O) groups is 1. The van der Waals surface area contributed by atoms with Crippen molar-refractivity contribution in [3.63, 3.8) is 0 Å². The molecule has 1 aliphatic heterocycles. The maximum atomic E-state index is 10.6. The molecule has 4 nitrogen and oxygen atoms in total. The predicted octanol–water partition coefficient (Wildman–Crippen LogP) is 0.0393. The van der Waals surface area contributed by atoms with Crippen LogP contribution in [0.1, 0.15) is 6.42 Å². The van der Waals surface area contributed by atoms with Gasteiger partial charge in [-0.25, -0.2) is 0 Å². The number of carboxylic acid groups (broad SMARTS) is 1. The van der Waals surface area contributed by atoms with Crippen LogP contribution in [0.3, 0.4) is 0 Å². The zero-order valence-corrected chi connectivity index (χ0v) is 7.61. The van der Waals surface area contributed by atoms with Gasteiger partial charge in [-0.1, -0.05) is 0 Å². The van der Waals surface area contributed by atoms with E-state index >= 15 is 0 Å². The zero-order chi connectivity index (χ0) is 9.26. The zero-order valence-electron chi connectivity index (χ0n) is 7.61. The second-order valence-corrected chi connectivity index (χ2v) is 3.85. The molecule has 2 fully saturated rings. The molecular weight excluding hydrogens is 170 g/mol. The maximum Gasteiger partial charge on any atom is 0.306 e. The molecule has 0 aromatic rings. The Labute approximate surface area is 77.5 Å². The number of rotatable bonds is 3. The fraction of sp³-hybridized carbons (Fsp3) is 0.889. The standard InChI is InChI=1S/C9H15NO3/c11-9(12)8-5-7(8)6-10-1-3-13-4-2-10/h7-8H,1-6H2,(H,11,12)/t7-,8+/m0/s1. The maximum absolute atomic E-state index is 10.6. The highest BCUT2D eigenvalue weighted by Gasteiger charge is 2.43. The lowest BCUT2D eigenvalue weighted by Crippen LogP contribution is -2.37. The smallest absolute Gasteiger partial charge is 0.306 e. The largest absolute Gasteiger partial charge is 0.481 e. The topological polar surface area (TPSA) is 49.8 Å². The van der Waals surface area contributed by atoms with Crippen LogP contribution in [0, 0.1) is 11.8 Å². The summed E-state index contributed by atoms with van der Waals surface area (Å²) >= 11 is 0. The monoisotopic (exact) mass is 185 g/mol. The summed E-state index contributed by atoms with van der Waals surface area (Å²) in [5, 5.41) is 8.71. The Bertz CT molecular complexity index is 201. The van der Waals surface area contributed by atoms with E-state index in [0.717, 1.165) is 39.3 Å². The minimum absolute atomic E-state index is 0.0668. The first kappa shape index (κ1) is 8.97. The van der Waals surface area contributed by atoms with E-state index in [2.05, 4.69) is 4.90 Å². The van der Waals surface area contributed by atoms with Gasteiger partial charge in [0.25, 0.3) is 0 Å². The van der Waals surface area contributed by atoms with Gasteiger partial charge in [0.15, 0.2) is 0 Å². The molecule has 2 aliphatic rings. The van der Waals surface area contributed by atoms with Gasteiger partial charge in [0.1, 0.15) is 0 Å². The van der Waals surface area contributed by atoms with Gasteiger partial charge in [-0.05, 0) is 12.3 Å². The van der Waals surface area contributed by atoms with E-state index in [1.807, 2.05) is 0 Å². The minimum atomic E-state index is -0.627. The molecule has 0 unspecified atom stereocenters. The molecule has 0 spiro atoms. The number of carboxylic acids is 1. The number of ether oxygens (including phenoxy) is 1. The number of hydrogen-bond acceptors (Lipinski definition) is 3. The highest BCUT2D eigenvalue weighted by molar-refractivity contribution is 5.73. The van der Waals surface area contributed by atoms with Crippen LogP contribution in [0.15, 0.2) is 0 Å². The Balaban J connectivity index is 1.70. The van der Waals surface area contributed by atoms with Crippen molar-refractivity contribution in [3.8, 4) is 0 Å². The Hall–Kier alpha value is -0.610. The van der Waals surface area contributed by atoms with Crippen LogP contribution >= 0.6 is 0 Å². The fourth-order valence-electron chi connectivity index (χ4n) is 1.87. The van der Waals surface area contributed by atoms with Gasteiger partial charge < -0.3 is 9.84 Å². The molecule has 1 N–H and O–H groups in total. The molecule has 74 valence electrons. The molecule has 1 heterocycles. The molecule has 2 atom stereocenters. The highest BCUT2D eigenvalue weighted by Crippen LogP contribution is 2.39. The lowest BCUT2D eigenvalue weighted by molar-refractivity contribution is -0.138. The van der Waals surface area contributed by atoms with Gasteiger partial charge in [0, 0.05) is 19.6 Å². The van der Waals surface area contributed by atoms with Gasteiger partial charge in [0.05, 0.1) is 19.1 Å². The van der Waals surface area contributed by atoms with Gasteiger partial charge >= 0.3 is 5.97 Å². The molecule has 13 heavy (non-hydrogen) atoms. The molecule has 1 aliphatic carbocycles. The number of morpholine rings is 1. The molecular formula is C9H15NO3. The summed E-state index contributed by atoms with van der Waals surface area (Å²) in [6, 6.07) is 0. The van der Waals surface area contributed by atoms with Crippen LogP contribution in [0.25, 0.3) is 0 Å². The SMILES string of the molecule is O=C(O)[C@@H]1C[C@H]1CN1CCOCC1. The third-order valence-corrected chi connectivity index (χ3v) is 2.84. The first-order valence-electron chi connectivity index (χ1n) is 4.80. The van der Waals surface area contributed by atoms with E-state index in [-0.39, 0.29) is 5.92 Å². The van der Waals surface area contributed by atoms with Crippen LogP contribution in [-0.2, 0) is 9.53 Å². The van der Waals surface area contributed by atoms with E-state index < -0.39 is 5.97 Å². The number of hydrogen-bond donors (Lipinski definition) is 1. The molecule has 2 rings (SSSR count). The van der Waals surface area contributed by atoms with Crippen molar-refractivity contribution >= 4 is 5.97 Å². The molecule has 0 aromatic heterocycles. The van der Waals surface area contributed by atoms with E-state index in [9.17, 15) is 4.79 Å². The molecule has 1 saturated heterocycles. The third-order valence-electron chi connectivity index (χ3n) is 2.84. The van der Waals surface area contributed by atoms with Gasteiger partial charge in [-0.2, -0.15) is 0 Å². The Morgan fingerprint density at radius 3 is 2.69 bits per heavy atom. The molecule has 0 amide bonds. The summed E-state index contributed by atoms with van der Waals surface area (Å²) in [5.74, 6) is -0.295. The average Bonchev–Trinajstić information content (AvgIpc) is 2.86. The lowest BCUT2D eigenvalue weighted by Gasteiger charge is -2.26. The Morgan fingerprint density at radius 1 is 1.46 bits per heavy atom. The first-order chi connectivity index (χ1) is 6.27. The number of aliphatic carboxylic acids is 1. The van der Waals surface area contributed by atoms with Crippen molar-refractivity contribution in [1.82, 2.24) is 4.90 Å². The summed E-state index contributed by atoms with van der Waals surface area (Å²) in [5.41, 5.74) is 0. The van der Waals surface area contributed by atoms with Gasteiger partial charge in [0.2, 0.25) is 0 Å². The number of nitrogens with zero attached hydrogens (tertiary/aromatic N) is 1. The summed E-state index contributed by atoms with van der Waals surface area (Å²) in [4.78, 5) is 12.9. The summed E-state index contributed by atoms with van der Waals surface area (Å²) < 4.78 is 5.22. The van der Waals surface area contributed by atoms with Crippen molar-refractivity contribution in [1.29, 1.82) is 0 Å². The normalized spacial score (nSPS) is 34.5. The molecule has 0 aromatic carbocycles. The van der Waals surface area contributed by atoms with Gasteiger partial charge in [-0.3, -0.25) is 9.69 Å². The van der Waals surface area contributed by atoms with E-state index in [0.29, 0.717) is 5.92 Å². The molecule has 0 radical (unpaired) electrons. The van der Waals surface area contributed by atoms with Gasteiger partial charge in [-0.15, -0.1) is 0 Å². The van der Waals surface area contributed by atoms with Crippen molar-refractivity contribution in [3.05, 3.63) is 0 Å². The third kappa shape index (κ3) is 2.19. The summed E-state index contributed by atoms with van der Waals surface area (Å²) in [6.07, 6.45) is 0.868. The van der Waals surface area contributed by atoms with Crippen molar-refractivity contribution < 1.29 is 14.6 Å². The Morgan fingerprint density at radius 2 is 2.15 bits per heavy atom. The van der Waals surface area contributed by atoms with Crippen molar-refractivity contribution in [2.75, 3.05) is 32.8 Å². The van der Waals surface area contributed by atoms with Crippen LogP contribution < -0.4 is 0 Å². The second-order valence-electron chi connectivity index (χ2n) is 3.85. The second kappa shape index (κ2) is 3.64. The first-order valence-corrected chi connectivity index (χ1v) is 4.80. The highest BCUT2D eigenvalue weighted by atomic mass is 16.5. The lowest BCUT2D eigenvalue weighted by atomic mass is 10.3. The van der Waals surface area contributed by atoms with Crippen molar-refractivity contribution in [2.24, 2.45) is 11.8 Å². The minimum Gasteiger partial charge on any atom is -0.481 e.